The first kappa shape index (κ1) is 13.4. The van der Waals surface area contributed by atoms with Gasteiger partial charge in [0.15, 0.2) is 0 Å². The Morgan fingerprint density at radius 3 is 2.40 bits per heavy atom. The number of hydrogen-bond donors (Lipinski definition) is 1. The van der Waals surface area contributed by atoms with Gasteiger partial charge in [0.1, 0.15) is 18.2 Å². The Morgan fingerprint density at radius 2 is 1.90 bits per heavy atom. The zero-order valence-electron chi connectivity index (χ0n) is 11.0. The van der Waals surface area contributed by atoms with Gasteiger partial charge in [0.05, 0.1) is 0 Å². The molecule has 1 atom stereocenters. The summed E-state index contributed by atoms with van der Waals surface area (Å²) in [5.41, 5.74) is 0.972. The predicted octanol–water partition coefficient (Wildman–Crippen LogP) is 2.52. The standard InChI is InChI=1S/C14H15F3N2O/c1-9-2-4-10(5-3-9)11-18-13(6-7-13)12(20)19(11)8-14(15,16)17/h2-5,11,18H,6-8H2,1H3. The molecule has 1 spiro atoms. The van der Waals surface area contributed by atoms with Crippen molar-refractivity contribution in [3.05, 3.63) is 35.4 Å². The van der Waals surface area contributed by atoms with Gasteiger partial charge >= 0.3 is 6.18 Å². The fourth-order valence-corrected chi connectivity index (χ4v) is 2.64. The summed E-state index contributed by atoms with van der Waals surface area (Å²) < 4.78 is 38.1. The van der Waals surface area contributed by atoms with Crippen LogP contribution in [0, 0.1) is 6.92 Å². The van der Waals surface area contributed by atoms with Crippen LogP contribution in [-0.4, -0.2) is 29.1 Å². The van der Waals surface area contributed by atoms with E-state index in [1.807, 2.05) is 19.1 Å². The van der Waals surface area contributed by atoms with Crippen LogP contribution in [0.2, 0.25) is 0 Å². The number of nitrogens with zero attached hydrogens (tertiary/aromatic N) is 1. The maximum Gasteiger partial charge on any atom is 0.406 e. The van der Waals surface area contributed by atoms with Crippen LogP contribution in [0.3, 0.4) is 0 Å². The van der Waals surface area contributed by atoms with E-state index in [0.29, 0.717) is 18.4 Å². The first-order chi connectivity index (χ1) is 9.31. The van der Waals surface area contributed by atoms with Crippen molar-refractivity contribution in [3.63, 3.8) is 0 Å². The largest absolute Gasteiger partial charge is 0.406 e. The maximum atomic E-state index is 12.7. The number of halogens is 3. The van der Waals surface area contributed by atoms with Crippen LogP contribution in [0.25, 0.3) is 0 Å². The molecule has 3 rings (SSSR count). The van der Waals surface area contributed by atoms with E-state index in [2.05, 4.69) is 5.32 Å². The normalized spacial score (nSPS) is 24.5. The molecule has 2 aliphatic rings. The van der Waals surface area contributed by atoms with Gasteiger partial charge in [-0.2, -0.15) is 13.2 Å². The molecule has 108 valence electrons. The summed E-state index contributed by atoms with van der Waals surface area (Å²) in [5, 5.41) is 3.08. The highest BCUT2D eigenvalue weighted by molar-refractivity contribution is 5.92. The summed E-state index contributed by atoms with van der Waals surface area (Å²) >= 11 is 0. The molecule has 1 heterocycles. The van der Waals surface area contributed by atoms with Crippen molar-refractivity contribution in [2.45, 2.75) is 37.6 Å². The number of amides is 1. The van der Waals surface area contributed by atoms with Crippen LogP contribution >= 0.6 is 0 Å². The van der Waals surface area contributed by atoms with Gasteiger partial charge in [-0.3, -0.25) is 10.1 Å². The molecular formula is C14H15F3N2O. The summed E-state index contributed by atoms with van der Waals surface area (Å²) in [6.07, 6.45) is -3.85. The lowest BCUT2D eigenvalue weighted by molar-refractivity contribution is -0.162. The van der Waals surface area contributed by atoms with Crippen molar-refractivity contribution in [3.8, 4) is 0 Å². The molecule has 0 aromatic heterocycles. The molecule has 2 fully saturated rings. The summed E-state index contributed by atoms with van der Waals surface area (Å²) in [6, 6.07) is 7.21. The van der Waals surface area contributed by atoms with Gasteiger partial charge in [-0.05, 0) is 25.3 Å². The number of hydrogen-bond acceptors (Lipinski definition) is 2. The number of carbonyl (C=O) groups excluding carboxylic acids is 1. The van der Waals surface area contributed by atoms with Crippen molar-refractivity contribution in [2.75, 3.05) is 6.54 Å². The van der Waals surface area contributed by atoms with Gasteiger partial charge in [-0.15, -0.1) is 0 Å². The highest BCUT2D eigenvalue weighted by Crippen LogP contribution is 2.46. The van der Waals surface area contributed by atoms with E-state index in [4.69, 9.17) is 0 Å². The Morgan fingerprint density at radius 1 is 1.30 bits per heavy atom. The third-order valence-corrected chi connectivity index (χ3v) is 3.89. The second kappa shape index (κ2) is 4.22. The van der Waals surface area contributed by atoms with E-state index in [9.17, 15) is 18.0 Å². The minimum Gasteiger partial charge on any atom is -0.312 e. The van der Waals surface area contributed by atoms with E-state index in [1.54, 1.807) is 12.1 Å². The smallest absolute Gasteiger partial charge is 0.312 e. The topological polar surface area (TPSA) is 32.3 Å². The number of aryl methyl sites for hydroxylation is 1. The molecule has 1 N–H and O–H groups in total. The molecule has 1 saturated carbocycles. The molecule has 3 nitrogen and oxygen atoms in total. The van der Waals surface area contributed by atoms with Gasteiger partial charge in [0.2, 0.25) is 5.91 Å². The first-order valence-electron chi connectivity index (χ1n) is 6.53. The Bertz CT molecular complexity index is 534. The highest BCUT2D eigenvalue weighted by Gasteiger charge is 2.60. The second-order valence-electron chi connectivity index (χ2n) is 5.59. The third-order valence-electron chi connectivity index (χ3n) is 3.89. The summed E-state index contributed by atoms with van der Waals surface area (Å²) in [4.78, 5) is 13.1. The molecule has 1 aromatic rings. The molecule has 20 heavy (non-hydrogen) atoms. The van der Waals surface area contributed by atoms with Gasteiger partial charge < -0.3 is 4.90 Å². The van der Waals surface area contributed by atoms with Crippen molar-refractivity contribution in [1.29, 1.82) is 0 Å². The molecule has 0 radical (unpaired) electrons. The number of alkyl halides is 3. The second-order valence-corrected chi connectivity index (χ2v) is 5.59. The van der Waals surface area contributed by atoms with Crippen molar-refractivity contribution in [1.82, 2.24) is 10.2 Å². The minimum atomic E-state index is -4.39. The average Bonchev–Trinajstić information content (AvgIpc) is 3.09. The lowest BCUT2D eigenvalue weighted by atomic mass is 10.1. The molecule has 6 heteroatoms. The third kappa shape index (κ3) is 2.28. The van der Waals surface area contributed by atoms with Crippen LogP contribution in [0.1, 0.15) is 30.1 Å². The van der Waals surface area contributed by atoms with E-state index in [0.717, 1.165) is 10.5 Å². The maximum absolute atomic E-state index is 12.7. The SMILES string of the molecule is Cc1ccc(C2NC3(CC3)C(=O)N2CC(F)(F)F)cc1. The van der Waals surface area contributed by atoms with Crippen LogP contribution in [0.4, 0.5) is 13.2 Å². The number of benzene rings is 1. The fourth-order valence-electron chi connectivity index (χ4n) is 2.64. The predicted molar refractivity (Wildman–Crippen MR) is 66.8 cm³/mol. The monoisotopic (exact) mass is 284 g/mol. The molecule has 1 aromatic carbocycles. The van der Waals surface area contributed by atoms with Gasteiger partial charge in [-0.25, -0.2) is 0 Å². The van der Waals surface area contributed by atoms with Crippen LogP contribution in [-0.2, 0) is 4.79 Å². The quantitative estimate of drug-likeness (QED) is 0.905. The van der Waals surface area contributed by atoms with Crippen LogP contribution in [0.5, 0.6) is 0 Å². The molecule has 1 amide bonds. The zero-order valence-corrected chi connectivity index (χ0v) is 11.0. The summed E-state index contributed by atoms with van der Waals surface area (Å²) in [6.45, 7) is 0.700. The van der Waals surface area contributed by atoms with Crippen LogP contribution in [0.15, 0.2) is 24.3 Å². The van der Waals surface area contributed by atoms with E-state index in [-0.39, 0.29) is 0 Å². The van der Waals surface area contributed by atoms with Gasteiger partial charge in [-0.1, -0.05) is 29.8 Å². The molecule has 1 aliphatic heterocycles. The summed E-state index contributed by atoms with van der Waals surface area (Å²) in [5.74, 6) is -0.430. The fraction of sp³-hybridized carbons (Fsp3) is 0.500. The first-order valence-corrected chi connectivity index (χ1v) is 6.53. The molecule has 0 bridgehead atoms. The Kier molecular flexibility index (Phi) is 2.83. The van der Waals surface area contributed by atoms with Gasteiger partial charge in [0.25, 0.3) is 0 Å². The summed E-state index contributed by atoms with van der Waals surface area (Å²) in [7, 11) is 0. The van der Waals surface area contributed by atoms with E-state index < -0.39 is 30.3 Å². The number of rotatable bonds is 2. The molecule has 1 aliphatic carbocycles. The van der Waals surface area contributed by atoms with Crippen molar-refractivity contribution in [2.24, 2.45) is 0 Å². The lowest BCUT2D eigenvalue weighted by Crippen LogP contribution is -2.39. The highest BCUT2D eigenvalue weighted by atomic mass is 19.4. The zero-order chi connectivity index (χ0) is 14.5. The number of nitrogens with one attached hydrogen (secondary N) is 1. The minimum absolute atomic E-state index is 0.430. The van der Waals surface area contributed by atoms with Crippen molar-refractivity contribution < 1.29 is 18.0 Å². The Balaban J connectivity index is 1.91. The molecule has 1 saturated heterocycles. The van der Waals surface area contributed by atoms with E-state index in [1.165, 1.54) is 0 Å². The number of carbonyl (C=O) groups is 1. The average molecular weight is 284 g/mol. The van der Waals surface area contributed by atoms with Gasteiger partial charge in [0, 0.05) is 0 Å². The van der Waals surface area contributed by atoms with E-state index >= 15 is 0 Å². The lowest BCUT2D eigenvalue weighted by Gasteiger charge is -2.25. The molecule has 1 unspecified atom stereocenters. The van der Waals surface area contributed by atoms with Crippen molar-refractivity contribution >= 4 is 5.91 Å². The Labute approximate surface area is 114 Å². The van der Waals surface area contributed by atoms with Crippen LogP contribution < -0.4 is 5.32 Å². The molecular weight excluding hydrogens is 269 g/mol. The Hall–Kier alpha value is -1.56.